The van der Waals surface area contributed by atoms with Crippen molar-refractivity contribution in [2.24, 2.45) is 0 Å². The van der Waals surface area contributed by atoms with Crippen molar-refractivity contribution in [2.45, 2.75) is 12.8 Å². The van der Waals surface area contributed by atoms with Gasteiger partial charge in [0, 0.05) is 5.69 Å². The van der Waals surface area contributed by atoms with Crippen molar-refractivity contribution in [3.63, 3.8) is 0 Å². The molecule has 5 heteroatoms. The second kappa shape index (κ2) is 4.34. The Morgan fingerprint density at radius 2 is 2.00 bits per heavy atom. The Labute approximate surface area is 121 Å². The second-order valence-electron chi connectivity index (χ2n) is 5.21. The van der Waals surface area contributed by atoms with E-state index in [1.165, 1.54) is 10.2 Å². The average molecular weight is 278 g/mol. The molecule has 21 heavy (non-hydrogen) atoms. The van der Waals surface area contributed by atoms with Crippen LogP contribution in [-0.4, -0.2) is 14.8 Å². The third-order valence-electron chi connectivity index (χ3n) is 3.90. The van der Waals surface area contributed by atoms with Gasteiger partial charge in [-0.2, -0.15) is 0 Å². The van der Waals surface area contributed by atoms with E-state index in [1.807, 2.05) is 18.2 Å². The molecule has 0 spiro atoms. The molecule has 5 nitrogen and oxygen atoms in total. The van der Waals surface area contributed by atoms with Gasteiger partial charge in [0.2, 0.25) is 0 Å². The molecule has 0 aliphatic heterocycles. The average Bonchev–Trinajstić information content (AvgIpc) is 2.86. The highest BCUT2D eigenvalue weighted by molar-refractivity contribution is 5.71. The number of aromatic amines is 1. The van der Waals surface area contributed by atoms with E-state index in [2.05, 4.69) is 16.1 Å². The first-order chi connectivity index (χ1) is 10.2. The topological polar surface area (TPSA) is 76.7 Å². The predicted molar refractivity (Wildman–Crippen MR) is 81.4 cm³/mol. The van der Waals surface area contributed by atoms with E-state index < -0.39 is 0 Å². The monoisotopic (exact) mass is 278 g/mol. The number of nitrogens with zero attached hydrogens (tertiary/aromatic N) is 2. The van der Waals surface area contributed by atoms with Gasteiger partial charge in [-0.15, -0.1) is 0 Å². The fourth-order valence-corrected chi connectivity index (χ4v) is 2.87. The minimum Gasteiger partial charge on any atom is -0.397 e. The molecule has 3 N–H and O–H groups in total. The van der Waals surface area contributed by atoms with E-state index in [0.29, 0.717) is 11.5 Å². The van der Waals surface area contributed by atoms with Gasteiger partial charge in [-0.1, -0.05) is 24.3 Å². The zero-order valence-corrected chi connectivity index (χ0v) is 11.3. The largest absolute Gasteiger partial charge is 0.397 e. The summed E-state index contributed by atoms with van der Waals surface area (Å²) in [5, 5.41) is 3.18. The van der Waals surface area contributed by atoms with Gasteiger partial charge in [-0.3, -0.25) is 9.89 Å². The van der Waals surface area contributed by atoms with Gasteiger partial charge in [0.1, 0.15) is 0 Å². The number of aromatic nitrogens is 3. The summed E-state index contributed by atoms with van der Waals surface area (Å²) in [7, 11) is 0. The molecule has 0 saturated carbocycles. The first-order valence-electron chi connectivity index (χ1n) is 6.88. The van der Waals surface area contributed by atoms with Crippen LogP contribution < -0.4 is 11.3 Å². The first kappa shape index (κ1) is 12.0. The van der Waals surface area contributed by atoms with E-state index in [4.69, 9.17) is 5.73 Å². The highest BCUT2D eigenvalue weighted by Crippen LogP contribution is 2.30. The van der Waals surface area contributed by atoms with Crippen LogP contribution in [0.1, 0.15) is 11.3 Å². The van der Waals surface area contributed by atoms with Crippen LogP contribution in [0.4, 0.5) is 5.69 Å². The number of H-pyrrole nitrogens is 1. The van der Waals surface area contributed by atoms with Crippen LogP contribution in [0.5, 0.6) is 0 Å². The molecule has 2 aromatic heterocycles. The molecule has 1 aliphatic carbocycles. The maximum absolute atomic E-state index is 12.7. The Bertz CT molecular complexity index is 874. The molecule has 0 radical (unpaired) electrons. The summed E-state index contributed by atoms with van der Waals surface area (Å²) in [6, 6.07) is 11.5. The molecule has 2 heterocycles. The van der Waals surface area contributed by atoms with E-state index in [-0.39, 0.29) is 5.56 Å². The van der Waals surface area contributed by atoms with Crippen LogP contribution in [0.2, 0.25) is 0 Å². The van der Waals surface area contributed by atoms with Crippen LogP contribution in [0, 0.1) is 0 Å². The van der Waals surface area contributed by atoms with E-state index >= 15 is 0 Å². The summed E-state index contributed by atoms with van der Waals surface area (Å²) in [6.45, 7) is 0. The number of benzene rings is 1. The number of hydrogen-bond acceptors (Lipinski definition) is 3. The summed E-state index contributed by atoms with van der Waals surface area (Å²) < 4.78 is 1.49. The van der Waals surface area contributed by atoms with Gasteiger partial charge >= 0.3 is 0 Å². The summed E-state index contributed by atoms with van der Waals surface area (Å²) in [4.78, 5) is 16.9. The third-order valence-corrected chi connectivity index (χ3v) is 3.90. The Kier molecular flexibility index (Phi) is 2.47. The Morgan fingerprint density at radius 3 is 2.81 bits per heavy atom. The molecule has 104 valence electrons. The minimum atomic E-state index is -0.0607. The lowest BCUT2D eigenvalue weighted by Crippen LogP contribution is -2.17. The number of nitrogens with one attached hydrogen (secondary N) is 1. The summed E-state index contributed by atoms with van der Waals surface area (Å²) in [5.74, 6) is 0.557. The SMILES string of the molecule is Nc1ccc(-n2[nH]c3c(c2=O)-c2ccccc2CC3)nc1. The lowest BCUT2D eigenvalue weighted by atomic mass is 9.90. The Morgan fingerprint density at radius 1 is 1.14 bits per heavy atom. The van der Waals surface area contributed by atoms with E-state index in [1.54, 1.807) is 18.3 Å². The molecule has 1 aliphatic rings. The summed E-state index contributed by atoms with van der Waals surface area (Å²) >= 11 is 0. The van der Waals surface area contributed by atoms with Crippen LogP contribution in [0.25, 0.3) is 16.9 Å². The molecule has 0 unspecified atom stereocenters. The Balaban J connectivity index is 1.94. The van der Waals surface area contributed by atoms with Crippen molar-refractivity contribution in [1.82, 2.24) is 14.8 Å². The number of fused-ring (bicyclic) bond motifs is 3. The number of nitrogen functional groups attached to an aromatic ring is 1. The van der Waals surface area contributed by atoms with Crippen molar-refractivity contribution >= 4 is 5.69 Å². The van der Waals surface area contributed by atoms with E-state index in [9.17, 15) is 4.79 Å². The number of aryl methyl sites for hydroxylation is 2. The van der Waals surface area contributed by atoms with Crippen LogP contribution >= 0.6 is 0 Å². The summed E-state index contributed by atoms with van der Waals surface area (Å²) in [6.07, 6.45) is 3.33. The molecule has 0 saturated heterocycles. The van der Waals surface area contributed by atoms with Gasteiger partial charge in [0.25, 0.3) is 5.56 Å². The molecule has 3 aromatic rings. The maximum Gasteiger partial charge on any atom is 0.280 e. The fraction of sp³-hybridized carbons (Fsp3) is 0.125. The molecule has 0 bridgehead atoms. The lowest BCUT2D eigenvalue weighted by Gasteiger charge is -2.13. The van der Waals surface area contributed by atoms with Gasteiger partial charge in [0.05, 0.1) is 17.4 Å². The van der Waals surface area contributed by atoms with Gasteiger partial charge < -0.3 is 5.73 Å². The second-order valence-corrected chi connectivity index (χ2v) is 5.21. The highest BCUT2D eigenvalue weighted by Gasteiger charge is 2.23. The predicted octanol–water partition coefficient (Wildman–Crippen LogP) is 1.91. The molecular formula is C16H14N4O. The minimum absolute atomic E-state index is 0.0607. The molecule has 0 fully saturated rings. The normalized spacial score (nSPS) is 12.8. The number of rotatable bonds is 1. The van der Waals surface area contributed by atoms with Gasteiger partial charge in [-0.25, -0.2) is 9.67 Å². The van der Waals surface area contributed by atoms with Gasteiger partial charge in [0.15, 0.2) is 5.82 Å². The van der Waals surface area contributed by atoms with Crippen molar-refractivity contribution in [1.29, 1.82) is 0 Å². The number of nitrogens with two attached hydrogens (primary N) is 1. The molecule has 0 amide bonds. The number of hydrogen-bond donors (Lipinski definition) is 2. The first-order valence-corrected chi connectivity index (χ1v) is 6.88. The van der Waals surface area contributed by atoms with Crippen molar-refractivity contribution < 1.29 is 0 Å². The van der Waals surface area contributed by atoms with Crippen LogP contribution in [0.15, 0.2) is 47.4 Å². The molecular weight excluding hydrogens is 264 g/mol. The lowest BCUT2D eigenvalue weighted by molar-refractivity contribution is 0.781. The smallest absolute Gasteiger partial charge is 0.280 e. The van der Waals surface area contributed by atoms with Crippen molar-refractivity contribution in [3.8, 4) is 16.9 Å². The van der Waals surface area contributed by atoms with Crippen molar-refractivity contribution in [3.05, 3.63) is 64.2 Å². The van der Waals surface area contributed by atoms with Crippen molar-refractivity contribution in [2.75, 3.05) is 5.73 Å². The maximum atomic E-state index is 12.7. The number of pyridine rings is 1. The summed E-state index contributed by atoms with van der Waals surface area (Å²) in [5.41, 5.74) is 10.1. The van der Waals surface area contributed by atoms with E-state index in [0.717, 1.165) is 29.7 Å². The van der Waals surface area contributed by atoms with Gasteiger partial charge in [-0.05, 0) is 36.1 Å². The molecule has 1 aromatic carbocycles. The highest BCUT2D eigenvalue weighted by atomic mass is 16.1. The molecule has 0 atom stereocenters. The standard InChI is InChI=1S/C16H14N4O/c17-11-6-8-14(18-9-11)20-16(21)15-12-4-2-1-3-10(12)5-7-13(15)19-20/h1-4,6,8-9,19H,5,7,17H2. The quantitative estimate of drug-likeness (QED) is 0.714. The zero-order chi connectivity index (χ0) is 14.4. The Hall–Kier alpha value is -2.82. The third kappa shape index (κ3) is 1.78. The zero-order valence-electron chi connectivity index (χ0n) is 11.3. The fourth-order valence-electron chi connectivity index (χ4n) is 2.87. The van der Waals surface area contributed by atoms with Crippen LogP contribution in [-0.2, 0) is 12.8 Å². The number of anilines is 1. The van der Waals surface area contributed by atoms with Crippen LogP contribution in [0.3, 0.4) is 0 Å². The molecule has 4 rings (SSSR count).